The minimum absolute atomic E-state index is 0.108. The largest absolute Gasteiger partial charge is 0.508 e. The molecule has 7 nitrogen and oxygen atoms in total. The maximum absolute atomic E-state index is 9.83. The molecule has 0 atom stereocenters. The summed E-state index contributed by atoms with van der Waals surface area (Å²) in [6.45, 7) is 6.62. The average molecular weight is 409 g/mol. The van der Waals surface area contributed by atoms with Crippen molar-refractivity contribution in [2.24, 2.45) is 0 Å². The van der Waals surface area contributed by atoms with Gasteiger partial charge in [-0.25, -0.2) is 9.97 Å². The highest BCUT2D eigenvalue weighted by molar-refractivity contribution is 5.80. The van der Waals surface area contributed by atoms with E-state index in [0.717, 1.165) is 42.6 Å². The van der Waals surface area contributed by atoms with Gasteiger partial charge in [-0.3, -0.25) is 0 Å². The molecule has 1 saturated heterocycles. The Labute approximate surface area is 176 Å². The predicted molar refractivity (Wildman–Crippen MR) is 118 cm³/mol. The number of ether oxygens (including phenoxy) is 2. The predicted octanol–water partition coefficient (Wildman–Crippen LogP) is 4.34. The number of aromatic nitrogens is 2. The summed E-state index contributed by atoms with van der Waals surface area (Å²) in [5.74, 6) is 1.93. The molecule has 1 fully saturated rings. The standard InChI is InChI=1S/C23H28N4O3/c1-15(2)27-8-6-19(7-9-27)30-20-5-4-16-14-24-23(26-22(16)13-20)25-17-10-18(28)12-21(11-17)29-3/h4-5,10-15,19,28H,6-9H2,1-3H3,(H,24,25,26). The van der Waals surface area contributed by atoms with Crippen LogP contribution in [0.4, 0.5) is 11.6 Å². The molecule has 2 N–H and O–H groups in total. The van der Waals surface area contributed by atoms with Gasteiger partial charge in [0.2, 0.25) is 5.95 Å². The van der Waals surface area contributed by atoms with Crippen LogP contribution in [0.25, 0.3) is 10.9 Å². The van der Waals surface area contributed by atoms with Crippen molar-refractivity contribution in [3.63, 3.8) is 0 Å². The van der Waals surface area contributed by atoms with Gasteiger partial charge in [-0.1, -0.05) is 0 Å². The van der Waals surface area contributed by atoms with Crippen LogP contribution in [0, 0.1) is 0 Å². The van der Waals surface area contributed by atoms with Crippen molar-refractivity contribution in [1.29, 1.82) is 0 Å². The number of hydrogen-bond donors (Lipinski definition) is 2. The Morgan fingerprint density at radius 2 is 1.90 bits per heavy atom. The van der Waals surface area contributed by atoms with E-state index in [1.807, 2.05) is 18.2 Å². The van der Waals surface area contributed by atoms with E-state index in [9.17, 15) is 5.11 Å². The van der Waals surface area contributed by atoms with Crippen LogP contribution in [0.15, 0.2) is 42.6 Å². The Bertz CT molecular complexity index is 1020. The van der Waals surface area contributed by atoms with E-state index < -0.39 is 0 Å². The van der Waals surface area contributed by atoms with E-state index in [4.69, 9.17) is 9.47 Å². The Morgan fingerprint density at radius 3 is 2.63 bits per heavy atom. The van der Waals surface area contributed by atoms with Crippen LogP contribution >= 0.6 is 0 Å². The number of aromatic hydroxyl groups is 1. The fraction of sp³-hybridized carbons (Fsp3) is 0.391. The Kier molecular flexibility index (Phi) is 5.90. The van der Waals surface area contributed by atoms with E-state index in [0.29, 0.717) is 23.4 Å². The summed E-state index contributed by atoms with van der Waals surface area (Å²) in [6.07, 6.45) is 4.07. The third-order valence-electron chi connectivity index (χ3n) is 5.45. The summed E-state index contributed by atoms with van der Waals surface area (Å²) in [7, 11) is 1.55. The molecule has 0 aliphatic carbocycles. The van der Waals surface area contributed by atoms with E-state index in [2.05, 4.69) is 34.0 Å². The molecule has 1 aliphatic rings. The molecule has 4 rings (SSSR count). The molecule has 30 heavy (non-hydrogen) atoms. The smallest absolute Gasteiger partial charge is 0.227 e. The first kappa shape index (κ1) is 20.2. The number of piperidine rings is 1. The number of nitrogens with zero attached hydrogens (tertiary/aromatic N) is 3. The van der Waals surface area contributed by atoms with Crippen molar-refractivity contribution in [1.82, 2.24) is 14.9 Å². The lowest BCUT2D eigenvalue weighted by Gasteiger charge is -2.34. The quantitative estimate of drug-likeness (QED) is 0.628. The van der Waals surface area contributed by atoms with Crippen LogP contribution in [-0.4, -0.2) is 52.3 Å². The monoisotopic (exact) mass is 408 g/mol. The summed E-state index contributed by atoms with van der Waals surface area (Å²) in [4.78, 5) is 11.5. The zero-order chi connectivity index (χ0) is 21.1. The van der Waals surface area contributed by atoms with E-state index in [1.54, 1.807) is 31.5 Å². The van der Waals surface area contributed by atoms with Gasteiger partial charge in [-0.2, -0.15) is 0 Å². The molecule has 1 aliphatic heterocycles. The molecule has 0 radical (unpaired) electrons. The van der Waals surface area contributed by atoms with Crippen molar-refractivity contribution in [3.05, 3.63) is 42.6 Å². The minimum atomic E-state index is 0.108. The summed E-state index contributed by atoms with van der Waals surface area (Å²) < 4.78 is 11.4. The molecular weight excluding hydrogens is 380 g/mol. The van der Waals surface area contributed by atoms with Crippen molar-refractivity contribution in [2.45, 2.75) is 38.8 Å². The number of nitrogens with one attached hydrogen (secondary N) is 1. The third-order valence-corrected chi connectivity index (χ3v) is 5.45. The molecule has 0 bridgehead atoms. The number of hydrogen-bond acceptors (Lipinski definition) is 7. The van der Waals surface area contributed by atoms with Gasteiger partial charge in [-0.15, -0.1) is 0 Å². The van der Waals surface area contributed by atoms with E-state index in [-0.39, 0.29) is 11.9 Å². The van der Waals surface area contributed by atoms with Crippen molar-refractivity contribution in [2.75, 3.05) is 25.5 Å². The number of phenols is 1. The normalized spacial score (nSPS) is 15.5. The fourth-order valence-corrected chi connectivity index (χ4v) is 3.74. The van der Waals surface area contributed by atoms with Crippen molar-refractivity contribution >= 4 is 22.5 Å². The Morgan fingerprint density at radius 1 is 1.10 bits per heavy atom. The van der Waals surface area contributed by atoms with E-state index >= 15 is 0 Å². The molecule has 0 unspecified atom stereocenters. The first-order valence-corrected chi connectivity index (χ1v) is 10.3. The molecule has 1 aromatic heterocycles. The highest BCUT2D eigenvalue weighted by atomic mass is 16.5. The highest BCUT2D eigenvalue weighted by Crippen LogP contribution is 2.28. The Balaban J connectivity index is 1.48. The number of phenolic OH excluding ortho intramolecular Hbond substituents is 1. The molecule has 0 spiro atoms. The lowest BCUT2D eigenvalue weighted by atomic mass is 10.1. The summed E-state index contributed by atoms with van der Waals surface area (Å²) in [6, 6.07) is 11.4. The maximum atomic E-state index is 9.83. The minimum Gasteiger partial charge on any atom is -0.508 e. The molecule has 7 heteroatoms. The summed E-state index contributed by atoms with van der Waals surface area (Å²) in [5, 5.41) is 13.9. The van der Waals surface area contributed by atoms with Crippen molar-refractivity contribution in [3.8, 4) is 17.2 Å². The molecule has 0 saturated carbocycles. The molecular formula is C23H28N4O3. The van der Waals surface area contributed by atoms with Gasteiger partial charge in [0, 0.05) is 60.7 Å². The van der Waals surface area contributed by atoms with Crippen LogP contribution in [-0.2, 0) is 0 Å². The van der Waals surface area contributed by atoms with Gasteiger partial charge in [-0.05, 0) is 38.8 Å². The second kappa shape index (κ2) is 8.75. The zero-order valence-electron chi connectivity index (χ0n) is 17.6. The lowest BCUT2D eigenvalue weighted by Crippen LogP contribution is -2.41. The van der Waals surface area contributed by atoms with Crippen LogP contribution < -0.4 is 14.8 Å². The topological polar surface area (TPSA) is 79.7 Å². The molecule has 0 amide bonds. The van der Waals surface area contributed by atoms with E-state index in [1.165, 1.54) is 0 Å². The molecule has 2 heterocycles. The molecule has 3 aromatic rings. The van der Waals surface area contributed by atoms with Gasteiger partial charge in [0.1, 0.15) is 23.4 Å². The number of benzene rings is 2. The third kappa shape index (κ3) is 4.74. The number of methoxy groups -OCH3 is 1. The van der Waals surface area contributed by atoms with Crippen LogP contribution in [0.3, 0.4) is 0 Å². The maximum Gasteiger partial charge on any atom is 0.227 e. The average Bonchev–Trinajstić information content (AvgIpc) is 2.73. The number of likely N-dealkylation sites (tertiary alicyclic amines) is 1. The van der Waals surface area contributed by atoms with Gasteiger partial charge in [0.05, 0.1) is 12.6 Å². The molecule has 158 valence electrons. The fourth-order valence-electron chi connectivity index (χ4n) is 3.74. The van der Waals surface area contributed by atoms with Gasteiger partial charge < -0.3 is 24.8 Å². The molecule has 2 aromatic carbocycles. The second-order valence-electron chi connectivity index (χ2n) is 7.91. The number of fused-ring (bicyclic) bond motifs is 1. The lowest BCUT2D eigenvalue weighted by molar-refractivity contribution is 0.0844. The summed E-state index contributed by atoms with van der Waals surface area (Å²) in [5.41, 5.74) is 1.45. The second-order valence-corrected chi connectivity index (χ2v) is 7.91. The number of rotatable bonds is 6. The SMILES string of the molecule is COc1cc(O)cc(Nc2ncc3ccc(OC4CCN(C(C)C)CC4)cc3n2)c1. The summed E-state index contributed by atoms with van der Waals surface area (Å²) >= 11 is 0. The zero-order valence-corrected chi connectivity index (χ0v) is 17.6. The Hall–Kier alpha value is -3.06. The highest BCUT2D eigenvalue weighted by Gasteiger charge is 2.22. The van der Waals surface area contributed by atoms with Crippen LogP contribution in [0.2, 0.25) is 0 Å². The first-order chi connectivity index (χ1) is 14.5. The van der Waals surface area contributed by atoms with Crippen molar-refractivity contribution < 1.29 is 14.6 Å². The van der Waals surface area contributed by atoms with Gasteiger partial charge >= 0.3 is 0 Å². The van der Waals surface area contributed by atoms with Crippen LogP contribution in [0.1, 0.15) is 26.7 Å². The number of anilines is 2. The van der Waals surface area contributed by atoms with Crippen LogP contribution in [0.5, 0.6) is 17.2 Å². The van der Waals surface area contributed by atoms with Gasteiger partial charge in [0.25, 0.3) is 0 Å². The van der Waals surface area contributed by atoms with Gasteiger partial charge in [0.15, 0.2) is 0 Å². The first-order valence-electron chi connectivity index (χ1n) is 10.3.